The molecule has 0 aliphatic carbocycles. The second-order valence-electron chi connectivity index (χ2n) is 3.45. The monoisotopic (exact) mass is 234 g/mol. The van der Waals surface area contributed by atoms with Gasteiger partial charge in [0.1, 0.15) is 11.4 Å². The van der Waals surface area contributed by atoms with Crippen molar-refractivity contribution in [1.82, 2.24) is 19.7 Å². The van der Waals surface area contributed by atoms with Gasteiger partial charge in [-0.05, 0) is 13.8 Å². The minimum absolute atomic E-state index is 0.0324. The van der Waals surface area contributed by atoms with Crippen LogP contribution in [0.3, 0.4) is 0 Å². The fourth-order valence-electron chi connectivity index (χ4n) is 1.61. The van der Waals surface area contributed by atoms with Crippen LogP contribution < -0.4 is 5.73 Å². The molecule has 2 aromatic rings. The van der Waals surface area contributed by atoms with Crippen molar-refractivity contribution >= 4 is 11.5 Å². The van der Waals surface area contributed by atoms with Crippen LogP contribution in [-0.4, -0.2) is 24.7 Å². The maximum Gasteiger partial charge on any atom is 0.313 e. The van der Waals surface area contributed by atoms with E-state index in [4.69, 9.17) is 5.73 Å². The molecule has 2 aromatic heterocycles. The van der Waals surface area contributed by atoms with Crippen LogP contribution >= 0.6 is 0 Å². The molecular weight excluding hydrogens is 224 g/mol. The molecule has 0 aliphatic rings. The summed E-state index contributed by atoms with van der Waals surface area (Å²) < 4.78 is 1.33. The molecule has 0 aromatic carbocycles. The molecule has 0 amide bonds. The van der Waals surface area contributed by atoms with Crippen LogP contribution in [0.1, 0.15) is 11.4 Å². The topological polar surface area (TPSA) is 113 Å². The second kappa shape index (κ2) is 3.81. The number of anilines is 1. The molecule has 0 radical (unpaired) electrons. The average Bonchev–Trinajstić information content (AvgIpc) is 2.55. The summed E-state index contributed by atoms with van der Waals surface area (Å²) in [5, 5.41) is 14.9. The Hall–Kier alpha value is -2.51. The number of hydrogen-bond donors (Lipinski definition) is 1. The smallest absolute Gasteiger partial charge is 0.313 e. The van der Waals surface area contributed by atoms with Gasteiger partial charge in [-0.3, -0.25) is 10.1 Å². The number of aromatic nitrogens is 4. The fraction of sp³-hybridized carbons (Fsp3) is 0.222. The molecule has 17 heavy (non-hydrogen) atoms. The normalized spacial score (nSPS) is 10.5. The minimum atomic E-state index is -0.472. The van der Waals surface area contributed by atoms with Crippen molar-refractivity contribution in [3.8, 4) is 5.82 Å². The van der Waals surface area contributed by atoms with E-state index in [2.05, 4.69) is 15.1 Å². The number of nitrogens with zero attached hydrogens (tertiary/aromatic N) is 5. The van der Waals surface area contributed by atoms with Crippen LogP contribution in [0.4, 0.5) is 11.5 Å². The van der Waals surface area contributed by atoms with Crippen molar-refractivity contribution < 1.29 is 4.92 Å². The Kier molecular flexibility index (Phi) is 2.47. The molecule has 2 rings (SSSR count). The third kappa shape index (κ3) is 1.69. The van der Waals surface area contributed by atoms with Gasteiger partial charge in [0.05, 0.1) is 4.92 Å². The van der Waals surface area contributed by atoms with Crippen molar-refractivity contribution in [2.45, 2.75) is 13.8 Å². The Morgan fingerprint density at radius 2 is 2.00 bits per heavy atom. The van der Waals surface area contributed by atoms with Gasteiger partial charge in [0, 0.05) is 12.4 Å². The van der Waals surface area contributed by atoms with Crippen LogP contribution in [0.25, 0.3) is 5.82 Å². The summed E-state index contributed by atoms with van der Waals surface area (Å²) in [5.74, 6) is 0.467. The summed E-state index contributed by atoms with van der Waals surface area (Å²) in [6, 6.07) is 0. The lowest BCUT2D eigenvalue weighted by molar-refractivity contribution is -0.386. The average molecular weight is 234 g/mol. The Morgan fingerprint density at radius 3 is 2.53 bits per heavy atom. The van der Waals surface area contributed by atoms with E-state index in [0.29, 0.717) is 17.2 Å². The number of aryl methyl sites for hydroxylation is 1. The molecule has 0 aliphatic heterocycles. The maximum absolute atomic E-state index is 10.9. The predicted molar refractivity (Wildman–Crippen MR) is 59.7 cm³/mol. The van der Waals surface area contributed by atoms with Gasteiger partial charge in [0.2, 0.25) is 0 Å². The van der Waals surface area contributed by atoms with E-state index >= 15 is 0 Å². The van der Waals surface area contributed by atoms with Gasteiger partial charge in [-0.15, -0.1) is 0 Å². The Balaban J connectivity index is 2.66. The molecule has 0 saturated heterocycles. The quantitative estimate of drug-likeness (QED) is 0.606. The standard InChI is InChI=1S/C9H10N6O2/c1-5-7(15(16)17)6(2)14(13-5)9-8(10)11-3-4-12-9/h3-4H,1-2H3,(H2,10,11). The first-order valence-corrected chi connectivity index (χ1v) is 4.80. The molecule has 0 unspecified atom stereocenters. The van der Waals surface area contributed by atoms with Gasteiger partial charge in [-0.1, -0.05) is 0 Å². The molecule has 0 spiro atoms. The SMILES string of the molecule is Cc1nn(-c2nccnc2N)c(C)c1[N+](=O)[O-]. The van der Waals surface area contributed by atoms with Crippen molar-refractivity contribution in [2.75, 3.05) is 5.73 Å². The highest BCUT2D eigenvalue weighted by Gasteiger charge is 2.23. The first-order valence-electron chi connectivity index (χ1n) is 4.80. The van der Waals surface area contributed by atoms with Crippen LogP contribution in [0.2, 0.25) is 0 Å². The molecule has 8 heteroatoms. The second-order valence-corrected chi connectivity index (χ2v) is 3.45. The summed E-state index contributed by atoms with van der Waals surface area (Å²) >= 11 is 0. The number of rotatable bonds is 2. The van der Waals surface area contributed by atoms with E-state index in [1.54, 1.807) is 13.8 Å². The van der Waals surface area contributed by atoms with Crippen LogP contribution in [0, 0.1) is 24.0 Å². The number of hydrogen-bond acceptors (Lipinski definition) is 6. The number of nitro groups is 1. The molecule has 2 heterocycles. The van der Waals surface area contributed by atoms with Gasteiger partial charge in [0.15, 0.2) is 11.6 Å². The fourth-order valence-corrected chi connectivity index (χ4v) is 1.61. The molecule has 0 bridgehead atoms. The van der Waals surface area contributed by atoms with E-state index in [9.17, 15) is 10.1 Å². The highest BCUT2D eigenvalue weighted by Crippen LogP contribution is 2.25. The summed E-state index contributed by atoms with van der Waals surface area (Å²) in [6.45, 7) is 3.15. The predicted octanol–water partition coefficient (Wildman–Crippen LogP) is 0.770. The lowest BCUT2D eigenvalue weighted by Gasteiger charge is -2.03. The van der Waals surface area contributed by atoms with Gasteiger partial charge in [0.25, 0.3) is 0 Å². The maximum atomic E-state index is 10.9. The molecule has 2 N–H and O–H groups in total. The Morgan fingerprint density at radius 1 is 1.35 bits per heavy atom. The summed E-state index contributed by atoms with van der Waals surface area (Å²) in [5.41, 5.74) is 6.31. The molecule has 0 saturated carbocycles. The molecule has 88 valence electrons. The summed E-state index contributed by atoms with van der Waals surface area (Å²) in [4.78, 5) is 18.3. The Bertz CT molecular complexity index is 591. The molecule has 0 atom stereocenters. The summed E-state index contributed by atoms with van der Waals surface area (Å²) in [7, 11) is 0. The number of nitrogen functional groups attached to an aromatic ring is 1. The molecule has 8 nitrogen and oxygen atoms in total. The van der Waals surface area contributed by atoms with E-state index < -0.39 is 4.92 Å². The van der Waals surface area contributed by atoms with Gasteiger partial charge in [-0.2, -0.15) is 5.10 Å². The van der Waals surface area contributed by atoms with Crippen molar-refractivity contribution in [1.29, 1.82) is 0 Å². The minimum Gasteiger partial charge on any atom is -0.381 e. The van der Waals surface area contributed by atoms with Crippen molar-refractivity contribution in [2.24, 2.45) is 0 Å². The van der Waals surface area contributed by atoms with Crippen molar-refractivity contribution in [3.05, 3.63) is 33.9 Å². The zero-order valence-corrected chi connectivity index (χ0v) is 9.28. The van der Waals surface area contributed by atoms with Gasteiger partial charge in [-0.25, -0.2) is 14.6 Å². The highest BCUT2D eigenvalue weighted by molar-refractivity contribution is 5.50. The van der Waals surface area contributed by atoms with Crippen LogP contribution in [-0.2, 0) is 0 Å². The summed E-state index contributed by atoms with van der Waals surface area (Å²) in [6.07, 6.45) is 2.90. The van der Waals surface area contributed by atoms with E-state index in [1.165, 1.54) is 17.1 Å². The van der Waals surface area contributed by atoms with Gasteiger partial charge >= 0.3 is 5.69 Å². The zero-order chi connectivity index (χ0) is 12.6. The van der Waals surface area contributed by atoms with Crippen LogP contribution in [0.15, 0.2) is 12.4 Å². The van der Waals surface area contributed by atoms with Crippen molar-refractivity contribution in [3.63, 3.8) is 0 Å². The number of nitrogens with two attached hydrogens (primary N) is 1. The van der Waals surface area contributed by atoms with E-state index in [-0.39, 0.29) is 11.5 Å². The largest absolute Gasteiger partial charge is 0.381 e. The Labute approximate surface area is 96.3 Å². The van der Waals surface area contributed by atoms with Crippen LogP contribution in [0.5, 0.6) is 0 Å². The highest BCUT2D eigenvalue weighted by atomic mass is 16.6. The third-order valence-electron chi connectivity index (χ3n) is 2.34. The zero-order valence-electron chi connectivity index (χ0n) is 9.28. The third-order valence-corrected chi connectivity index (χ3v) is 2.34. The first kappa shape index (κ1) is 11.0. The van der Waals surface area contributed by atoms with Gasteiger partial charge < -0.3 is 5.73 Å². The molecular formula is C9H10N6O2. The lowest BCUT2D eigenvalue weighted by Crippen LogP contribution is -2.07. The first-order chi connectivity index (χ1) is 8.02. The lowest BCUT2D eigenvalue weighted by atomic mass is 10.3. The molecule has 0 fully saturated rings. The van der Waals surface area contributed by atoms with E-state index in [1.807, 2.05) is 0 Å². The van der Waals surface area contributed by atoms with E-state index in [0.717, 1.165) is 0 Å².